The van der Waals surface area contributed by atoms with E-state index in [0.717, 1.165) is 31.2 Å². The molecule has 0 saturated carbocycles. The van der Waals surface area contributed by atoms with Gasteiger partial charge in [0.05, 0.1) is 0 Å². The van der Waals surface area contributed by atoms with Gasteiger partial charge >= 0.3 is 0 Å². The molecular weight excluding hydrogens is 366 g/mol. The first-order chi connectivity index (χ1) is 10.2. The molecule has 108 valence electrons. The molecule has 0 spiro atoms. The molecule has 0 fully saturated rings. The monoisotopic (exact) mass is 379 g/mol. The van der Waals surface area contributed by atoms with Gasteiger partial charge in [0.15, 0.2) is 0 Å². The van der Waals surface area contributed by atoms with E-state index in [2.05, 4.69) is 50.3 Å². The Morgan fingerprint density at radius 3 is 2.86 bits per heavy atom. The van der Waals surface area contributed by atoms with Gasteiger partial charge in [0, 0.05) is 26.2 Å². The Morgan fingerprint density at radius 1 is 1.29 bits per heavy atom. The van der Waals surface area contributed by atoms with Gasteiger partial charge in [-0.05, 0) is 48.0 Å². The first kappa shape index (κ1) is 14.8. The first-order valence-corrected chi connectivity index (χ1v) is 9.04. The smallest absolute Gasteiger partial charge is 0.225 e. The van der Waals surface area contributed by atoms with Crippen molar-refractivity contribution in [2.24, 2.45) is 0 Å². The number of nitrogens with zero attached hydrogens (tertiary/aromatic N) is 2. The minimum Gasteiger partial charge on any atom is -0.354 e. The molecule has 6 heteroatoms. The lowest BCUT2D eigenvalue weighted by molar-refractivity contribution is 1.05. The molecule has 0 aliphatic carbocycles. The minimum absolute atomic E-state index is 0.696. The number of hydrogen-bond donors (Lipinski definition) is 1. The van der Waals surface area contributed by atoms with Crippen LogP contribution < -0.4 is 5.32 Å². The van der Waals surface area contributed by atoms with Crippen LogP contribution in [0.15, 0.2) is 44.7 Å². The molecule has 3 rings (SSSR count). The highest BCUT2D eigenvalue weighted by Crippen LogP contribution is 2.38. The summed E-state index contributed by atoms with van der Waals surface area (Å²) in [4.78, 5) is 12.7. The van der Waals surface area contributed by atoms with Gasteiger partial charge < -0.3 is 5.32 Å². The number of halogens is 1. The number of aryl methyl sites for hydroxylation is 1. The van der Waals surface area contributed by atoms with Gasteiger partial charge in [-0.25, -0.2) is 9.97 Å². The molecule has 0 radical (unpaired) electrons. The average molecular weight is 380 g/mol. The number of benzene rings is 1. The van der Waals surface area contributed by atoms with Crippen molar-refractivity contribution in [1.29, 1.82) is 0 Å². The van der Waals surface area contributed by atoms with Crippen molar-refractivity contribution < 1.29 is 0 Å². The molecule has 2 heterocycles. The summed E-state index contributed by atoms with van der Waals surface area (Å²) in [6.45, 7) is 4.97. The maximum atomic E-state index is 4.67. The summed E-state index contributed by atoms with van der Waals surface area (Å²) in [6, 6.07) is 10.4. The van der Waals surface area contributed by atoms with Gasteiger partial charge in [0.2, 0.25) is 5.95 Å². The normalized spacial score (nSPS) is 11.0. The van der Waals surface area contributed by atoms with Crippen molar-refractivity contribution in [3.63, 3.8) is 0 Å². The van der Waals surface area contributed by atoms with E-state index in [9.17, 15) is 0 Å². The van der Waals surface area contributed by atoms with Gasteiger partial charge in [-0.15, -0.1) is 11.3 Å². The van der Waals surface area contributed by atoms with Crippen LogP contribution in [0.5, 0.6) is 0 Å². The molecule has 0 unspecified atom stereocenters. The summed E-state index contributed by atoms with van der Waals surface area (Å²) in [5.41, 5.74) is 0. The summed E-state index contributed by atoms with van der Waals surface area (Å²) < 4.78 is 1.08. The second-order valence-electron chi connectivity index (χ2n) is 4.49. The molecule has 1 aromatic carbocycles. The number of rotatable bonds is 4. The number of fused-ring (bicyclic) bond motifs is 1. The van der Waals surface area contributed by atoms with Gasteiger partial charge in [0.1, 0.15) is 9.86 Å². The predicted molar refractivity (Wildman–Crippen MR) is 94.6 cm³/mol. The van der Waals surface area contributed by atoms with Crippen LogP contribution in [0.25, 0.3) is 10.2 Å². The number of aromatic nitrogens is 2. The molecule has 0 bridgehead atoms. The molecule has 1 N–H and O–H groups in total. The van der Waals surface area contributed by atoms with Crippen LogP contribution in [0.3, 0.4) is 0 Å². The van der Waals surface area contributed by atoms with Crippen molar-refractivity contribution in [2.45, 2.75) is 23.8 Å². The predicted octanol–water partition coefficient (Wildman–Crippen LogP) is 5.35. The SMILES string of the molecule is CCNc1nc(Sc2ccccc2Br)c2cc(C)sc2n1. The van der Waals surface area contributed by atoms with Crippen LogP contribution in [0, 0.1) is 6.92 Å². The Hall–Kier alpha value is -1.11. The summed E-state index contributed by atoms with van der Waals surface area (Å²) >= 11 is 6.97. The highest BCUT2D eigenvalue weighted by Gasteiger charge is 2.12. The number of thiophene rings is 1. The minimum atomic E-state index is 0.696. The van der Waals surface area contributed by atoms with E-state index in [1.165, 1.54) is 4.88 Å². The van der Waals surface area contributed by atoms with Crippen LogP contribution in [0.4, 0.5) is 5.95 Å². The first-order valence-electron chi connectivity index (χ1n) is 6.62. The largest absolute Gasteiger partial charge is 0.354 e. The fourth-order valence-corrected chi connectivity index (χ4v) is 4.35. The summed E-state index contributed by atoms with van der Waals surface area (Å²) in [5, 5.41) is 5.33. The summed E-state index contributed by atoms with van der Waals surface area (Å²) in [5.74, 6) is 0.696. The zero-order valence-corrected chi connectivity index (χ0v) is 14.9. The summed E-state index contributed by atoms with van der Waals surface area (Å²) in [7, 11) is 0. The highest BCUT2D eigenvalue weighted by molar-refractivity contribution is 9.10. The lowest BCUT2D eigenvalue weighted by Crippen LogP contribution is -2.02. The maximum Gasteiger partial charge on any atom is 0.225 e. The average Bonchev–Trinajstić information content (AvgIpc) is 2.82. The third kappa shape index (κ3) is 3.22. The van der Waals surface area contributed by atoms with Crippen LogP contribution in [0.2, 0.25) is 0 Å². The Kier molecular flexibility index (Phi) is 4.47. The Bertz CT molecular complexity index is 786. The molecule has 2 aromatic heterocycles. The molecule has 3 nitrogen and oxygen atoms in total. The lowest BCUT2D eigenvalue weighted by atomic mass is 10.4. The van der Waals surface area contributed by atoms with Gasteiger partial charge in [0.25, 0.3) is 0 Å². The van der Waals surface area contributed by atoms with Crippen LogP contribution in [-0.2, 0) is 0 Å². The van der Waals surface area contributed by atoms with E-state index in [4.69, 9.17) is 0 Å². The van der Waals surface area contributed by atoms with Crippen LogP contribution >= 0.6 is 39.0 Å². The Labute approximate surface area is 140 Å². The molecular formula is C15H14BrN3S2. The van der Waals surface area contributed by atoms with Crippen LogP contribution in [0.1, 0.15) is 11.8 Å². The number of hydrogen-bond acceptors (Lipinski definition) is 5. The van der Waals surface area contributed by atoms with E-state index in [0.29, 0.717) is 5.95 Å². The Morgan fingerprint density at radius 2 is 2.10 bits per heavy atom. The third-order valence-corrected chi connectivity index (χ3v) is 5.84. The van der Waals surface area contributed by atoms with Gasteiger partial charge in [-0.1, -0.05) is 23.9 Å². The van der Waals surface area contributed by atoms with Gasteiger partial charge in [-0.2, -0.15) is 0 Å². The molecule has 0 saturated heterocycles. The van der Waals surface area contributed by atoms with E-state index < -0.39 is 0 Å². The van der Waals surface area contributed by atoms with E-state index >= 15 is 0 Å². The second-order valence-corrected chi connectivity index (χ2v) is 7.61. The number of nitrogens with one attached hydrogen (secondary N) is 1. The van der Waals surface area contributed by atoms with Crippen molar-refractivity contribution in [3.8, 4) is 0 Å². The van der Waals surface area contributed by atoms with Crippen molar-refractivity contribution in [2.75, 3.05) is 11.9 Å². The van der Waals surface area contributed by atoms with Crippen molar-refractivity contribution >= 4 is 55.2 Å². The molecule has 0 aliphatic rings. The van der Waals surface area contributed by atoms with Crippen molar-refractivity contribution in [3.05, 3.63) is 39.7 Å². The fraction of sp³-hybridized carbons (Fsp3) is 0.200. The third-order valence-electron chi connectivity index (χ3n) is 2.86. The number of anilines is 1. The molecule has 21 heavy (non-hydrogen) atoms. The molecule has 0 atom stereocenters. The topological polar surface area (TPSA) is 37.8 Å². The fourth-order valence-electron chi connectivity index (χ4n) is 1.96. The molecule has 0 aliphatic heterocycles. The zero-order chi connectivity index (χ0) is 14.8. The van der Waals surface area contributed by atoms with Crippen LogP contribution in [-0.4, -0.2) is 16.5 Å². The highest BCUT2D eigenvalue weighted by atomic mass is 79.9. The standard InChI is InChI=1S/C15H14BrN3S2/c1-3-17-15-18-13-10(8-9(2)20-13)14(19-15)21-12-7-5-4-6-11(12)16/h4-8H,3H2,1-2H3,(H,17,18,19). The second kappa shape index (κ2) is 6.34. The summed E-state index contributed by atoms with van der Waals surface area (Å²) in [6.07, 6.45) is 0. The molecule has 3 aromatic rings. The van der Waals surface area contributed by atoms with E-state index in [1.54, 1.807) is 23.1 Å². The molecule has 0 amide bonds. The van der Waals surface area contributed by atoms with Gasteiger partial charge in [-0.3, -0.25) is 0 Å². The Balaban J connectivity index is 2.09. The quantitative estimate of drug-likeness (QED) is 0.620. The maximum absolute atomic E-state index is 4.67. The van der Waals surface area contributed by atoms with E-state index in [1.807, 2.05) is 25.1 Å². The lowest BCUT2D eigenvalue weighted by Gasteiger charge is -2.07. The zero-order valence-electron chi connectivity index (χ0n) is 11.7. The van der Waals surface area contributed by atoms with E-state index in [-0.39, 0.29) is 0 Å². The van der Waals surface area contributed by atoms with Crippen molar-refractivity contribution in [1.82, 2.24) is 9.97 Å².